The van der Waals surface area contributed by atoms with Crippen LogP contribution in [0.5, 0.6) is 0 Å². The molecule has 176 valence electrons. The highest BCUT2D eigenvalue weighted by Crippen LogP contribution is 2.14. The standard InChI is InChI=1S/C22H27F3N2O5/c1-3-12-31-19(28)11-10-17(21(30)32-13-4-2)27-20(29)18(26-15-22(23,24)25)14-16-8-6-5-7-9-16/h3-9,17-18,26H,1-2,10-15H2,(H,27,29)/t17?,18-/m0/s1. The number of hydrogen-bond acceptors (Lipinski definition) is 6. The Morgan fingerprint density at radius 3 is 2.22 bits per heavy atom. The van der Waals surface area contributed by atoms with Gasteiger partial charge in [0.2, 0.25) is 5.91 Å². The Labute approximate surface area is 184 Å². The molecule has 1 unspecified atom stereocenters. The summed E-state index contributed by atoms with van der Waals surface area (Å²) < 4.78 is 47.9. The average molecular weight is 456 g/mol. The molecule has 0 radical (unpaired) electrons. The number of esters is 2. The lowest BCUT2D eigenvalue weighted by atomic mass is 10.0. The summed E-state index contributed by atoms with van der Waals surface area (Å²) in [5.74, 6) is -2.31. The Bertz CT molecular complexity index is 769. The molecule has 0 aliphatic heterocycles. The Hall–Kier alpha value is -3.14. The van der Waals surface area contributed by atoms with Gasteiger partial charge in [-0.2, -0.15) is 13.2 Å². The van der Waals surface area contributed by atoms with Gasteiger partial charge in [-0.1, -0.05) is 55.6 Å². The van der Waals surface area contributed by atoms with E-state index in [1.807, 2.05) is 0 Å². The van der Waals surface area contributed by atoms with Crippen molar-refractivity contribution in [1.29, 1.82) is 0 Å². The molecular weight excluding hydrogens is 429 g/mol. The number of alkyl halides is 3. The first-order valence-corrected chi connectivity index (χ1v) is 9.84. The number of benzene rings is 1. The van der Waals surface area contributed by atoms with Crippen LogP contribution in [0.15, 0.2) is 55.6 Å². The van der Waals surface area contributed by atoms with Crippen molar-refractivity contribution in [2.24, 2.45) is 0 Å². The van der Waals surface area contributed by atoms with Gasteiger partial charge in [0.15, 0.2) is 0 Å². The smallest absolute Gasteiger partial charge is 0.401 e. The third-order valence-corrected chi connectivity index (χ3v) is 4.09. The highest BCUT2D eigenvalue weighted by Gasteiger charge is 2.32. The van der Waals surface area contributed by atoms with Crippen molar-refractivity contribution in [3.05, 3.63) is 61.2 Å². The highest BCUT2D eigenvalue weighted by molar-refractivity contribution is 5.88. The van der Waals surface area contributed by atoms with E-state index in [-0.39, 0.29) is 32.5 Å². The van der Waals surface area contributed by atoms with E-state index in [1.165, 1.54) is 12.2 Å². The third-order valence-electron chi connectivity index (χ3n) is 4.09. The van der Waals surface area contributed by atoms with E-state index < -0.39 is 42.7 Å². The van der Waals surface area contributed by atoms with Gasteiger partial charge < -0.3 is 14.8 Å². The van der Waals surface area contributed by atoms with Gasteiger partial charge in [-0.3, -0.25) is 14.9 Å². The Morgan fingerprint density at radius 2 is 1.62 bits per heavy atom. The molecule has 10 heteroatoms. The molecule has 2 atom stereocenters. The molecule has 2 N–H and O–H groups in total. The predicted octanol–water partition coefficient (Wildman–Crippen LogP) is 2.47. The molecule has 32 heavy (non-hydrogen) atoms. The maximum Gasteiger partial charge on any atom is 0.401 e. The van der Waals surface area contributed by atoms with Crippen molar-refractivity contribution < 1.29 is 37.0 Å². The van der Waals surface area contributed by atoms with E-state index in [9.17, 15) is 27.6 Å². The van der Waals surface area contributed by atoms with Gasteiger partial charge in [0.05, 0.1) is 12.6 Å². The van der Waals surface area contributed by atoms with E-state index in [0.29, 0.717) is 5.56 Å². The lowest BCUT2D eigenvalue weighted by Crippen LogP contribution is -2.53. The molecule has 0 heterocycles. The maximum absolute atomic E-state index is 12.8. The van der Waals surface area contributed by atoms with Gasteiger partial charge >= 0.3 is 18.1 Å². The molecule has 0 fully saturated rings. The Kier molecular flexibility index (Phi) is 11.8. The van der Waals surface area contributed by atoms with Crippen molar-refractivity contribution in [1.82, 2.24) is 10.6 Å². The third kappa shape index (κ3) is 11.3. The topological polar surface area (TPSA) is 93.7 Å². The summed E-state index contributed by atoms with van der Waals surface area (Å²) in [7, 11) is 0. The van der Waals surface area contributed by atoms with Crippen LogP contribution in [0.1, 0.15) is 18.4 Å². The van der Waals surface area contributed by atoms with Crippen molar-refractivity contribution in [3.63, 3.8) is 0 Å². The van der Waals surface area contributed by atoms with E-state index >= 15 is 0 Å². The fraction of sp³-hybridized carbons (Fsp3) is 0.409. The number of halogens is 3. The van der Waals surface area contributed by atoms with Gasteiger partial charge in [-0.25, -0.2) is 4.79 Å². The van der Waals surface area contributed by atoms with Crippen LogP contribution in [0.25, 0.3) is 0 Å². The zero-order valence-corrected chi connectivity index (χ0v) is 17.5. The minimum Gasteiger partial charge on any atom is -0.461 e. The molecule has 0 bridgehead atoms. The van der Waals surface area contributed by atoms with Gasteiger partial charge in [0.1, 0.15) is 19.3 Å². The first kappa shape index (κ1) is 26.9. The molecule has 0 spiro atoms. The molecule has 0 saturated heterocycles. The van der Waals surface area contributed by atoms with Crippen LogP contribution in [0.3, 0.4) is 0 Å². The SMILES string of the molecule is C=CCOC(=O)CCC(NC(=O)[C@H](Cc1ccccc1)NCC(F)(F)F)C(=O)OCC=C. The molecule has 0 aliphatic rings. The van der Waals surface area contributed by atoms with Crippen molar-refractivity contribution in [2.75, 3.05) is 19.8 Å². The fourth-order valence-corrected chi connectivity index (χ4v) is 2.60. The number of carbonyl (C=O) groups excluding carboxylic acids is 3. The minimum absolute atomic E-state index is 0.0166. The number of ether oxygens (including phenoxy) is 2. The van der Waals surface area contributed by atoms with Gasteiger partial charge in [-0.05, 0) is 18.4 Å². The summed E-state index contributed by atoms with van der Waals surface area (Å²) in [6.45, 7) is 5.29. The van der Waals surface area contributed by atoms with Crippen molar-refractivity contribution in [2.45, 2.75) is 37.5 Å². The van der Waals surface area contributed by atoms with Crippen molar-refractivity contribution in [3.8, 4) is 0 Å². The number of carbonyl (C=O) groups is 3. The second-order valence-corrected chi connectivity index (χ2v) is 6.73. The van der Waals surface area contributed by atoms with Crippen LogP contribution in [-0.4, -0.2) is 55.9 Å². The van der Waals surface area contributed by atoms with Crippen LogP contribution in [0, 0.1) is 0 Å². The zero-order chi connectivity index (χ0) is 24.0. The number of amides is 1. The van der Waals surface area contributed by atoms with Crippen LogP contribution in [0.2, 0.25) is 0 Å². The summed E-state index contributed by atoms with van der Waals surface area (Å²) in [5.41, 5.74) is 0.626. The molecule has 0 aliphatic carbocycles. The summed E-state index contributed by atoms with van der Waals surface area (Å²) >= 11 is 0. The normalized spacial score (nSPS) is 12.8. The molecule has 1 aromatic rings. The maximum atomic E-state index is 12.8. The quantitative estimate of drug-likeness (QED) is 0.330. The summed E-state index contributed by atoms with van der Waals surface area (Å²) in [4.78, 5) is 36.8. The number of nitrogens with one attached hydrogen (secondary N) is 2. The second kappa shape index (κ2) is 14.0. The first-order chi connectivity index (χ1) is 15.2. The molecular formula is C22H27F3N2O5. The molecule has 1 amide bonds. The predicted molar refractivity (Wildman–Crippen MR) is 111 cm³/mol. The van der Waals surface area contributed by atoms with Crippen LogP contribution in [0.4, 0.5) is 13.2 Å². The van der Waals surface area contributed by atoms with Crippen LogP contribution < -0.4 is 10.6 Å². The largest absolute Gasteiger partial charge is 0.461 e. The van der Waals surface area contributed by atoms with E-state index in [1.54, 1.807) is 30.3 Å². The molecule has 0 aromatic heterocycles. The fourth-order valence-electron chi connectivity index (χ4n) is 2.60. The minimum atomic E-state index is -4.54. The zero-order valence-electron chi connectivity index (χ0n) is 17.5. The summed E-state index contributed by atoms with van der Waals surface area (Å²) in [6.07, 6.45) is -2.27. The highest BCUT2D eigenvalue weighted by atomic mass is 19.4. The first-order valence-electron chi connectivity index (χ1n) is 9.84. The Morgan fingerprint density at radius 1 is 1.00 bits per heavy atom. The number of rotatable bonds is 14. The van der Waals surface area contributed by atoms with Gasteiger partial charge in [-0.15, -0.1) is 0 Å². The lowest BCUT2D eigenvalue weighted by Gasteiger charge is -2.23. The monoisotopic (exact) mass is 456 g/mol. The van der Waals surface area contributed by atoms with Crippen LogP contribution in [-0.2, 0) is 30.3 Å². The van der Waals surface area contributed by atoms with E-state index in [0.717, 1.165) is 0 Å². The number of hydrogen-bond donors (Lipinski definition) is 2. The summed E-state index contributed by atoms with van der Waals surface area (Å²) in [5, 5.41) is 4.57. The van der Waals surface area contributed by atoms with Crippen molar-refractivity contribution >= 4 is 17.8 Å². The van der Waals surface area contributed by atoms with Crippen LogP contribution >= 0.6 is 0 Å². The Balaban J connectivity index is 2.91. The van der Waals surface area contributed by atoms with E-state index in [2.05, 4.69) is 23.8 Å². The van der Waals surface area contributed by atoms with Gasteiger partial charge in [0.25, 0.3) is 0 Å². The molecule has 0 saturated carbocycles. The van der Waals surface area contributed by atoms with E-state index in [4.69, 9.17) is 9.47 Å². The molecule has 1 aromatic carbocycles. The molecule has 1 rings (SSSR count). The lowest BCUT2D eigenvalue weighted by molar-refractivity contribution is -0.149. The second-order valence-electron chi connectivity index (χ2n) is 6.73. The summed E-state index contributed by atoms with van der Waals surface area (Å²) in [6, 6.07) is 5.92. The average Bonchev–Trinajstić information content (AvgIpc) is 2.76. The van der Waals surface area contributed by atoms with Gasteiger partial charge in [0, 0.05) is 6.42 Å². The molecule has 7 nitrogen and oxygen atoms in total.